The molecule has 0 N–H and O–H groups in total. The molecule has 0 aliphatic carbocycles. The van der Waals surface area contributed by atoms with Crippen molar-refractivity contribution in [2.45, 2.75) is 0 Å². The fraction of sp³-hybridized carbons (Fsp3) is 0. The van der Waals surface area contributed by atoms with Gasteiger partial charge in [-0.2, -0.15) is 0 Å². The Hall–Kier alpha value is -6.80. The molecule has 1 aromatic heterocycles. The summed E-state index contributed by atoms with van der Waals surface area (Å²) in [4.78, 5) is 0. The van der Waals surface area contributed by atoms with Gasteiger partial charge in [0, 0.05) is 20.2 Å². The fourth-order valence-corrected chi connectivity index (χ4v) is 10.6. The topological polar surface area (TPSA) is 0 Å². The van der Waals surface area contributed by atoms with Crippen LogP contribution in [0, 0.1) is 0 Å². The average Bonchev–Trinajstić information content (AvgIpc) is 3.62. The van der Waals surface area contributed by atoms with Gasteiger partial charge in [-0.15, -0.1) is 11.3 Å². The second-order valence-corrected chi connectivity index (χ2v) is 15.8. The predicted molar refractivity (Wildman–Crippen MR) is 241 cm³/mol. The smallest absolute Gasteiger partial charge is 0.0433 e. The van der Waals surface area contributed by atoms with Crippen LogP contribution >= 0.6 is 11.3 Å². The normalized spacial score (nSPS) is 12.0. The molecule has 254 valence electrons. The van der Waals surface area contributed by atoms with Gasteiger partial charge in [-0.25, -0.2) is 0 Å². The lowest BCUT2D eigenvalue weighted by atomic mass is 9.83. The molecule has 0 unspecified atom stereocenters. The van der Waals surface area contributed by atoms with Gasteiger partial charge in [0.25, 0.3) is 0 Å². The molecule has 0 nitrogen and oxygen atoms in total. The van der Waals surface area contributed by atoms with Gasteiger partial charge >= 0.3 is 0 Å². The molecule has 1 heteroatoms. The molecule has 0 saturated carbocycles. The second-order valence-electron chi connectivity index (χ2n) is 14.7. The summed E-state index contributed by atoms with van der Waals surface area (Å²) < 4.78 is 2.71. The highest BCUT2D eigenvalue weighted by Gasteiger charge is 2.20. The summed E-state index contributed by atoms with van der Waals surface area (Å²) in [6.07, 6.45) is 0. The second kappa shape index (κ2) is 11.9. The van der Waals surface area contributed by atoms with Gasteiger partial charge < -0.3 is 0 Å². The molecule has 0 radical (unpaired) electrons. The highest BCUT2D eigenvalue weighted by Crippen LogP contribution is 2.48. The van der Waals surface area contributed by atoms with Crippen molar-refractivity contribution < 1.29 is 0 Å². The zero-order chi connectivity index (χ0) is 36.0. The SMILES string of the molecule is c1ccc2c(-c3c4ccccc4c(-c4ccc(-c5ccc6cc7c(cc6c5)sc5c6ccccc6ccc75)c5ccccc45)c4ccccc34)cccc2c1. The molecule has 12 rings (SSSR count). The zero-order valence-electron chi connectivity index (χ0n) is 29.9. The molecule has 0 fully saturated rings. The van der Waals surface area contributed by atoms with Gasteiger partial charge in [-0.3, -0.25) is 0 Å². The Morgan fingerprint density at radius 1 is 0.255 bits per heavy atom. The number of rotatable bonds is 3. The first-order chi connectivity index (χ1) is 27.3. The maximum absolute atomic E-state index is 2.40. The summed E-state index contributed by atoms with van der Waals surface area (Å²) in [5.41, 5.74) is 7.61. The van der Waals surface area contributed by atoms with Crippen molar-refractivity contribution in [3.63, 3.8) is 0 Å². The number of thiophene rings is 1. The van der Waals surface area contributed by atoms with Gasteiger partial charge in [-0.1, -0.05) is 176 Å². The molecule has 1 heterocycles. The van der Waals surface area contributed by atoms with Gasteiger partial charge in [0.2, 0.25) is 0 Å². The summed E-state index contributed by atoms with van der Waals surface area (Å²) in [6, 6.07) is 72.3. The Labute approximate surface area is 322 Å². The minimum absolute atomic E-state index is 1.24. The van der Waals surface area contributed by atoms with Crippen molar-refractivity contribution in [1.82, 2.24) is 0 Å². The summed E-state index contributed by atoms with van der Waals surface area (Å²) >= 11 is 1.91. The molecule has 0 bridgehead atoms. The Morgan fingerprint density at radius 3 is 1.45 bits per heavy atom. The van der Waals surface area contributed by atoms with E-state index in [1.807, 2.05) is 11.3 Å². The monoisotopic (exact) mass is 712 g/mol. The first-order valence-electron chi connectivity index (χ1n) is 19.0. The summed E-state index contributed by atoms with van der Waals surface area (Å²) in [6.45, 7) is 0. The van der Waals surface area contributed by atoms with Crippen LogP contribution in [0.5, 0.6) is 0 Å². The Morgan fingerprint density at radius 2 is 0.764 bits per heavy atom. The first-order valence-corrected chi connectivity index (χ1v) is 19.8. The first kappa shape index (κ1) is 30.6. The van der Waals surface area contributed by atoms with E-state index >= 15 is 0 Å². The predicted octanol–water partition coefficient (Wildman–Crippen LogP) is 16.0. The van der Waals surface area contributed by atoms with E-state index in [9.17, 15) is 0 Å². The molecule has 0 aliphatic rings. The molecule has 0 amide bonds. The van der Waals surface area contributed by atoms with Crippen LogP contribution in [0.4, 0.5) is 0 Å². The third-order valence-corrected chi connectivity index (χ3v) is 13.0. The molecule has 55 heavy (non-hydrogen) atoms. The standard InChI is InChI=1S/C54H32S/c1-3-15-38-33(12-1)14-11-23-43(38)52-44-19-7-9-21-46(44)53(47-22-10-8-20-45(47)52)48-29-28-39(41-17-5-6-18-42(41)48)36-25-24-35-31-50-49-27-26-34-13-2-4-16-40(34)54(49)55-51(50)32-37(35)30-36/h1-32H. The van der Waals surface area contributed by atoms with E-state index in [4.69, 9.17) is 0 Å². The summed E-state index contributed by atoms with van der Waals surface area (Å²) in [5.74, 6) is 0. The van der Waals surface area contributed by atoms with Gasteiger partial charge in [-0.05, 0) is 116 Å². The number of benzene rings is 11. The number of fused-ring (bicyclic) bond motifs is 10. The van der Waals surface area contributed by atoms with Gasteiger partial charge in [0.1, 0.15) is 0 Å². The summed E-state index contributed by atoms with van der Waals surface area (Å²) in [5, 5.41) is 18.0. The third kappa shape index (κ3) is 4.57. The minimum Gasteiger partial charge on any atom is -0.135 e. The highest BCUT2D eigenvalue weighted by molar-refractivity contribution is 7.26. The maximum atomic E-state index is 2.40. The van der Waals surface area contributed by atoms with Crippen molar-refractivity contribution in [3.8, 4) is 33.4 Å². The maximum Gasteiger partial charge on any atom is 0.0433 e. The van der Waals surface area contributed by atoms with Crippen molar-refractivity contribution in [1.29, 1.82) is 0 Å². The molecule has 11 aromatic carbocycles. The van der Waals surface area contributed by atoms with Crippen LogP contribution in [0.3, 0.4) is 0 Å². The van der Waals surface area contributed by atoms with Gasteiger partial charge in [0.05, 0.1) is 0 Å². The van der Waals surface area contributed by atoms with E-state index in [2.05, 4.69) is 194 Å². The number of hydrogen-bond acceptors (Lipinski definition) is 1. The van der Waals surface area contributed by atoms with E-state index in [-0.39, 0.29) is 0 Å². The van der Waals surface area contributed by atoms with Crippen LogP contribution in [0.2, 0.25) is 0 Å². The Balaban J connectivity index is 1.07. The van der Waals surface area contributed by atoms with E-state index in [0.717, 1.165) is 0 Å². The third-order valence-electron chi connectivity index (χ3n) is 11.8. The molecule has 0 saturated heterocycles. The average molecular weight is 713 g/mol. The van der Waals surface area contributed by atoms with E-state index < -0.39 is 0 Å². The molecular formula is C54H32S. The van der Waals surface area contributed by atoms with Crippen molar-refractivity contribution >= 4 is 96.1 Å². The lowest BCUT2D eigenvalue weighted by Crippen LogP contribution is -1.93. The van der Waals surface area contributed by atoms with Crippen molar-refractivity contribution in [3.05, 3.63) is 194 Å². The van der Waals surface area contributed by atoms with Crippen LogP contribution in [0.1, 0.15) is 0 Å². The quantitative estimate of drug-likeness (QED) is 0.160. The fourth-order valence-electron chi connectivity index (χ4n) is 9.34. The Kier molecular flexibility index (Phi) is 6.60. The van der Waals surface area contributed by atoms with Crippen LogP contribution in [-0.2, 0) is 0 Å². The highest BCUT2D eigenvalue weighted by atomic mass is 32.1. The summed E-state index contributed by atoms with van der Waals surface area (Å²) in [7, 11) is 0. The van der Waals surface area contributed by atoms with Crippen LogP contribution in [-0.4, -0.2) is 0 Å². The van der Waals surface area contributed by atoms with Gasteiger partial charge in [0.15, 0.2) is 0 Å². The van der Waals surface area contributed by atoms with Crippen molar-refractivity contribution in [2.24, 2.45) is 0 Å². The van der Waals surface area contributed by atoms with Crippen molar-refractivity contribution in [2.75, 3.05) is 0 Å². The van der Waals surface area contributed by atoms with E-state index in [1.54, 1.807) is 0 Å². The minimum atomic E-state index is 1.24. The molecule has 0 spiro atoms. The molecule has 0 atom stereocenters. The zero-order valence-corrected chi connectivity index (χ0v) is 30.7. The molecule has 12 aromatic rings. The van der Waals surface area contributed by atoms with E-state index in [1.165, 1.54) is 118 Å². The molecule has 0 aliphatic heterocycles. The Bertz CT molecular complexity index is 3490. The lowest BCUT2D eigenvalue weighted by molar-refractivity contribution is 1.67. The lowest BCUT2D eigenvalue weighted by Gasteiger charge is -2.20. The van der Waals surface area contributed by atoms with E-state index in [0.29, 0.717) is 0 Å². The van der Waals surface area contributed by atoms with Crippen LogP contribution in [0.15, 0.2) is 194 Å². The molecular weight excluding hydrogens is 681 g/mol. The number of hydrogen-bond donors (Lipinski definition) is 0. The van der Waals surface area contributed by atoms with Crippen LogP contribution < -0.4 is 0 Å². The largest absolute Gasteiger partial charge is 0.135 e. The van der Waals surface area contributed by atoms with Crippen LogP contribution in [0.25, 0.3) is 118 Å².